The Morgan fingerprint density at radius 2 is 1.56 bits per heavy atom. The zero-order valence-corrected chi connectivity index (χ0v) is 18.1. The molecule has 0 unspecified atom stereocenters. The molecule has 0 saturated carbocycles. The summed E-state index contributed by atoms with van der Waals surface area (Å²) in [6, 6.07) is 6.07. The van der Waals surface area contributed by atoms with Crippen LogP contribution in [0.3, 0.4) is 0 Å². The second kappa shape index (κ2) is 9.73. The van der Waals surface area contributed by atoms with E-state index >= 15 is 0 Å². The van der Waals surface area contributed by atoms with Gasteiger partial charge in [-0.3, -0.25) is 9.36 Å². The first-order chi connectivity index (χ1) is 12.3. The molecule has 0 aliphatic carbocycles. The zero-order chi connectivity index (χ0) is 19.4. The standard InChI is InChI=1S/C19H21NO6.Na/c1-5-25-18(23)13-10-14(19(24)26-6-2)17(22)20(16(13)21)15-8-7-11(3)9-12(15)4;/h7-10,21H,5-6H2,1-4H3;/q;+1/p-1. The molecule has 0 fully saturated rings. The van der Waals surface area contributed by atoms with Gasteiger partial charge in [0, 0.05) is 0 Å². The number of esters is 2. The number of hydrogen-bond donors (Lipinski definition) is 0. The molecular formula is C19H20NNaO6. The van der Waals surface area contributed by atoms with Crippen LogP contribution in [0.5, 0.6) is 5.88 Å². The molecule has 0 spiro atoms. The molecule has 2 aromatic rings. The van der Waals surface area contributed by atoms with Gasteiger partial charge in [-0.1, -0.05) is 17.7 Å². The van der Waals surface area contributed by atoms with E-state index in [1.807, 2.05) is 6.92 Å². The Morgan fingerprint density at radius 1 is 1.00 bits per heavy atom. The van der Waals surface area contributed by atoms with Crippen molar-refractivity contribution >= 4 is 11.9 Å². The molecule has 27 heavy (non-hydrogen) atoms. The van der Waals surface area contributed by atoms with Gasteiger partial charge in [0.1, 0.15) is 5.56 Å². The maximum atomic E-state index is 12.8. The fourth-order valence-electron chi connectivity index (χ4n) is 2.59. The van der Waals surface area contributed by atoms with Crippen LogP contribution < -0.4 is 40.2 Å². The van der Waals surface area contributed by atoms with Crippen LogP contribution in [0.4, 0.5) is 0 Å². The predicted octanol–water partition coefficient (Wildman–Crippen LogP) is -1.11. The van der Waals surface area contributed by atoms with Crippen LogP contribution in [0.15, 0.2) is 29.1 Å². The van der Waals surface area contributed by atoms with Gasteiger partial charge in [0.2, 0.25) is 0 Å². The quantitative estimate of drug-likeness (QED) is 0.481. The third-order valence-corrected chi connectivity index (χ3v) is 3.74. The molecule has 0 atom stereocenters. The summed E-state index contributed by atoms with van der Waals surface area (Å²) in [5, 5.41) is 12.8. The fourth-order valence-corrected chi connectivity index (χ4v) is 2.59. The van der Waals surface area contributed by atoms with E-state index in [1.54, 1.807) is 39.0 Å². The van der Waals surface area contributed by atoms with Crippen LogP contribution >= 0.6 is 0 Å². The van der Waals surface area contributed by atoms with Crippen molar-refractivity contribution in [1.29, 1.82) is 0 Å². The monoisotopic (exact) mass is 381 g/mol. The molecule has 0 aliphatic heterocycles. The summed E-state index contributed by atoms with van der Waals surface area (Å²) in [6.07, 6.45) is 0. The van der Waals surface area contributed by atoms with Crippen LogP contribution in [0.2, 0.25) is 0 Å². The van der Waals surface area contributed by atoms with E-state index in [1.165, 1.54) is 0 Å². The average Bonchev–Trinajstić information content (AvgIpc) is 2.57. The van der Waals surface area contributed by atoms with Crippen molar-refractivity contribution in [2.45, 2.75) is 27.7 Å². The molecule has 0 N–H and O–H groups in total. The van der Waals surface area contributed by atoms with Gasteiger partial charge in [-0.05, 0) is 51.3 Å². The summed E-state index contributed by atoms with van der Waals surface area (Å²) in [6.45, 7) is 6.89. The molecule has 0 radical (unpaired) electrons. The second-order valence-corrected chi connectivity index (χ2v) is 5.65. The molecule has 0 saturated heterocycles. The van der Waals surface area contributed by atoms with Crippen molar-refractivity contribution in [2.75, 3.05) is 13.2 Å². The summed E-state index contributed by atoms with van der Waals surface area (Å²) in [4.78, 5) is 37.1. The topological polar surface area (TPSA) is 97.7 Å². The first-order valence-corrected chi connectivity index (χ1v) is 8.20. The minimum atomic E-state index is -0.901. The number of rotatable bonds is 5. The second-order valence-electron chi connectivity index (χ2n) is 5.65. The summed E-state index contributed by atoms with van der Waals surface area (Å²) in [7, 11) is 0. The van der Waals surface area contributed by atoms with Crippen LogP contribution in [0.25, 0.3) is 5.69 Å². The largest absolute Gasteiger partial charge is 1.00 e. The number of benzene rings is 1. The average molecular weight is 381 g/mol. The number of carbonyl (C=O) groups excluding carboxylic acids is 2. The molecule has 0 bridgehead atoms. The van der Waals surface area contributed by atoms with Gasteiger partial charge in [0.15, 0.2) is 0 Å². The molecule has 1 aromatic heterocycles. The van der Waals surface area contributed by atoms with Gasteiger partial charge < -0.3 is 14.6 Å². The molecule has 7 nitrogen and oxygen atoms in total. The SMILES string of the molecule is CCOC(=O)c1cc(C(=O)OCC)c(=O)n(-c2ccc(C)cc2C)c1[O-].[Na+]. The van der Waals surface area contributed by atoms with Crippen molar-refractivity contribution in [3.63, 3.8) is 0 Å². The fraction of sp³-hybridized carbons (Fsp3) is 0.316. The minimum Gasteiger partial charge on any atom is -0.859 e. The number of ether oxygens (including phenoxy) is 2. The first-order valence-electron chi connectivity index (χ1n) is 8.20. The van der Waals surface area contributed by atoms with Crippen molar-refractivity contribution in [3.05, 3.63) is 56.9 Å². The maximum Gasteiger partial charge on any atom is 1.00 e. The van der Waals surface area contributed by atoms with E-state index in [0.717, 1.165) is 16.2 Å². The van der Waals surface area contributed by atoms with E-state index in [-0.39, 0.29) is 42.8 Å². The molecule has 2 rings (SSSR count). The summed E-state index contributed by atoms with van der Waals surface area (Å²) in [5.74, 6) is -2.64. The van der Waals surface area contributed by atoms with Crippen LogP contribution in [0.1, 0.15) is 45.7 Å². The maximum absolute atomic E-state index is 12.8. The van der Waals surface area contributed by atoms with Crippen LogP contribution in [-0.4, -0.2) is 29.7 Å². The number of hydrogen-bond acceptors (Lipinski definition) is 6. The molecule has 0 amide bonds. The minimum absolute atomic E-state index is 0. The van der Waals surface area contributed by atoms with E-state index in [2.05, 4.69) is 0 Å². The molecule has 0 aliphatic rings. The molecule has 8 heteroatoms. The Kier molecular flexibility index (Phi) is 8.27. The van der Waals surface area contributed by atoms with Gasteiger partial charge in [0.05, 0.1) is 24.5 Å². The van der Waals surface area contributed by atoms with Crippen molar-refractivity contribution in [2.24, 2.45) is 0 Å². The van der Waals surface area contributed by atoms with Gasteiger partial charge in [-0.2, -0.15) is 0 Å². The number of nitrogens with zero attached hydrogens (tertiary/aromatic N) is 1. The Balaban J connectivity index is 0.00000364. The third kappa shape index (κ3) is 4.80. The van der Waals surface area contributed by atoms with Crippen LogP contribution in [0, 0.1) is 13.8 Å². The van der Waals surface area contributed by atoms with Gasteiger partial charge in [0.25, 0.3) is 5.56 Å². The Morgan fingerprint density at radius 3 is 2.07 bits per heavy atom. The number of aromatic nitrogens is 1. The number of carbonyl (C=O) groups is 2. The van der Waals surface area contributed by atoms with E-state index in [0.29, 0.717) is 11.3 Å². The van der Waals surface area contributed by atoms with Crippen molar-refractivity contribution in [3.8, 4) is 11.6 Å². The Labute approximate surface area is 179 Å². The van der Waals surface area contributed by atoms with Gasteiger partial charge in [-0.15, -0.1) is 0 Å². The van der Waals surface area contributed by atoms with Crippen LogP contribution in [-0.2, 0) is 9.47 Å². The summed E-state index contributed by atoms with van der Waals surface area (Å²) in [5.41, 5.74) is 0.263. The van der Waals surface area contributed by atoms with Crippen molar-refractivity contribution in [1.82, 2.24) is 4.57 Å². The third-order valence-electron chi connectivity index (χ3n) is 3.74. The zero-order valence-electron chi connectivity index (χ0n) is 16.1. The summed E-state index contributed by atoms with van der Waals surface area (Å²) >= 11 is 0. The molecule has 1 aromatic carbocycles. The van der Waals surface area contributed by atoms with E-state index in [9.17, 15) is 19.5 Å². The normalized spacial score (nSPS) is 10.1. The van der Waals surface area contributed by atoms with Gasteiger partial charge in [-0.25, -0.2) is 9.59 Å². The Hall–Kier alpha value is -2.09. The Bertz CT molecular complexity index is 919. The van der Waals surface area contributed by atoms with Gasteiger partial charge >= 0.3 is 41.5 Å². The number of pyridine rings is 1. The summed E-state index contributed by atoms with van der Waals surface area (Å²) < 4.78 is 10.6. The van der Waals surface area contributed by atoms with Crippen molar-refractivity contribution < 1.29 is 53.7 Å². The predicted molar refractivity (Wildman–Crippen MR) is 92.9 cm³/mol. The first kappa shape index (κ1) is 23.0. The molecular weight excluding hydrogens is 361 g/mol. The van der Waals surface area contributed by atoms with E-state index in [4.69, 9.17) is 9.47 Å². The smallest absolute Gasteiger partial charge is 0.859 e. The molecule has 138 valence electrons. The van der Waals surface area contributed by atoms with E-state index < -0.39 is 34.5 Å². The number of aryl methyl sites for hydroxylation is 2. The molecule has 1 heterocycles.